The van der Waals surface area contributed by atoms with E-state index < -0.39 is 12.2 Å². The second-order valence-corrected chi connectivity index (χ2v) is 3.49. The number of rotatable bonds is 2. The van der Waals surface area contributed by atoms with Crippen LogP contribution in [-0.2, 0) is 0 Å². The Bertz CT molecular complexity index is 521. The molecule has 0 aliphatic heterocycles. The van der Waals surface area contributed by atoms with Gasteiger partial charge in [0.1, 0.15) is 0 Å². The minimum Gasteiger partial charge on any atom is -0.360 e. The lowest BCUT2D eigenvalue weighted by atomic mass is 10.1. The Morgan fingerprint density at radius 3 is 2.80 bits per heavy atom. The number of hydrogen-bond donors (Lipinski definition) is 1. The van der Waals surface area contributed by atoms with E-state index in [1.54, 1.807) is 18.2 Å². The van der Waals surface area contributed by atoms with E-state index in [4.69, 9.17) is 11.6 Å². The number of nitrogens with one attached hydrogen (secondary N) is 1. The minimum absolute atomic E-state index is 0.00309. The molecule has 1 heterocycles. The van der Waals surface area contributed by atoms with Crippen LogP contribution in [-0.4, -0.2) is 17.2 Å². The van der Waals surface area contributed by atoms with Crippen molar-refractivity contribution < 1.29 is 13.6 Å². The van der Waals surface area contributed by atoms with E-state index in [0.29, 0.717) is 15.9 Å². The van der Waals surface area contributed by atoms with E-state index >= 15 is 0 Å². The molecule has 0 saturated heterocycles. The average molecular weight is 230 g/mol. The lowest BCUT2D eigenvalue weighted by Gasteiger charge is -1.97. The van der Waals surface area contributed by atoms with Crippen LogP contribution in [0.2, 0.25) is 5.02 Å². The monoisotopic (exact) mass is 229 g/mol. The van der Waals surface area contributed by atoms with Gasteiger partial charge < -0.3 is 4.98 Å². The van der Waals surface area contributed by atoms with Crippen molar-refractivity contribution in [1.82, 2.24) is 4.98 Å². The number of alkyl halides is 2. The van der Waals surface area contributed by atoms with Gasteiger partial charge >= 0.3 is 6.43 Å². The van der Waals surface area contributed by atoms with E-state index in [2.05, 4.69) is 4.98 Å². The van der Waals surface area contributed by atoms with Gasteiger partial charge in [-0.05, 0) is 12.1 Å². The molecule has 1 aromatic heterocycles. The van der Waals surface area contributed by atoms with Gasteiger partial charge in [-0.2, -0.15) is 0 Å². The number of hydrogen-bond acceptors (Lipinski definition) is 1. The Kier molecular flexibility index (Phi) is 2.44. The van der Waals surface area contributed by atoms with Gasteiger partial charge in [0, 0.05) is 27.7 Å². The van der Waals surface area contributed by atoms with Crippen LogP contribution >= 0.6 is 11.6 Å². The van der Waals surface area contributed by atoms with Crippen molar-refractivity contribution in [3.05, 3.63) is 35.0 Å². The molecule has 78 valence electrons. The van der Waals surface area contributed by atoms with Gasteiger partial charge in [-0.1, -0.05) is 17.7 Å². The Labute approximate surface area is 88.8 Å². The Morgan fingerprint density at radius 1 is 1.40 bits per heavy atom. The van der Waals surface area contributed by atoms with Crippen molar-refractivity contribution in [1.29, 1.82) is 0 Å². The number of Topliss-reactive ketones (excluding diaryl/α,β-unsaturated/α-hetero) is 1. The van der Waals surface area contributed by atoms with Crippen LogP contribution in [0.5, 0.6) is 0 Å². The number of carbonyl (C=O) groups excluding carboxylic acids is 1. The van der Waals surface area contributed by atoms with Crippen LogP contribution in [0.4, 0.5) is 8.78 Å². The molecule has 0 aliphatic rings. The molecule has 15 heavy (non-hydrogen) atoms. The van der Waals surface area contributed by atoms with Crippen molar-refractivity contribution >= 4 is 28.3 Å². The van der Waals surface area contributed by atoms with Crippen LogP contribution in [0, 0.1) is 0 Å². The van der Waals surface area contributed by atoms with E-state index in [9.17, 15) is 13.6 Å². The fourth-order valence-corrected chi connectivity index (χ4v) is 1.59. The summed E-state index contributed by atoms with van der Waals surface area (Å²) in [5, 5.41) is 0.949. The molecule has 5 heteroatoms. The molecule has 0 saturated carbocycles. The third-order valence-corrected chi connectivity index (χ3v) is 2.34. The Morgan fingerprint density at radius 2 is 2.13 bits per heavy atom. The van der Waals surface area contributed by atoms with Crippen molar-refractivity contribution in [2.75, 3.05) is 0 Å². The summed E-state index contributed by atoms with van der Waals surface area (Å²) in [7, 11) is 0. The summed E-state index contributed by atoms with van der Waals surface area (Å²) in [4.78, 5) is 13.8. The number of halogens is 3. The Balaban J connectivity index is 2.59. The lowest BCUT2D eigenvalue weighted by molar-refractivity contribution is 0.0680. The van der Waals surface area contributed by atoms with Gasteiger partial charge in [0.15, 0.2) is 0 Å². The van der Waals surface area contributed by atoms with Crippen molar-refractivity contribution in [2.24, 2.45) is 0 Å². The second kappa shape index (κ2) is 3.62. The van der Waals surface area contributed by atoms with Crippen LogP contribution in [0.25, 0.3) is 10.9 Å². The number of aromatic nitrogens is 1. The standard InChI is InChI=1S/C10H6ClF2NO/c11-5-1-2-6-7(9(15)10(12)13)4-14-8(6)3-5/h1-4,10,14H. The molecule has 0 amide bonds. The molecule has 0 unspecified atom stereocenters. The van der Waals surface area contributed by atoms with Crippen molar-refractivity contribution in [3.63, 3.8) is 0 Å². The van der Waals surface area contributed by atoms with Gasteiger partial charge in [-0.15, -0.1) is 0 Å². The maximum atomic E-state index is 12.2. The number of carbonyl (C=O) groups is 1. The van der Waals surface area contributed by atoms with Gasteiger partial charge in [0.25, 0.3) is 0 Å². The predicted molar refractivity (Wildman–Crippen MR) is 53.6 cm³/mol. The maximum absolute atomic E-state index is 12.2. The summed E-state index contributed by atoms with van der Waals surface area (Å²) in [6.45, 7) is 0. The highest BCUT2D eigenvalue weighted by Gasteiger charge is 2.20. The fourth-order valence-electron chi connectivity index (χ4n) is 1.42. The van der Waals surface area contributed by atoms with E-state index in [0.717, 1.165) is 0 Å². The number of H-pyrrole nitrogens is 1. The zero-order chi connectivity index (χ0) is 11.0. The molecule has 1 N–H and O–H groups in total. The highest BCUT2D eigenvalue weighted by molar-refractivity contribution is 6.31. The fraction of sp³-hybridized carbons (Fsp3) is 0.100. The van der Waals surface area contributed by atoms with Crippen LogP contribution in [0.3, 0.4) is 0 Å². The molecular weight excluding hydrogens is 224 g/mol. The summed E-state index contributed by atoms with van der Waals surface area (Å²) in [5.41, 5.74) is 0.572. The molecule has 0 atom stereocenters. The van der Waals surface area contributed by atoms with Gasteiger partial charge in [0.2, 0.25) is 5.78 Å². The summed E-state index contributed by atoms with van der Waals surface area (Å²) in [5.74, 6) is -1.18. The minimum atomic E-state index is -2.99. The quantitative estimate of drug-likeness (QED) is 0.788. The van der Waals surface area contributed by atoms with Gasteiger partial charge in [-0.3, -0.25) is 4.79 Å². The average Bonchev–Trinajstić information content (AvgIpc) is 2.59. The van der Waals surface area contributed by atoms with Crippen LogP contribution in [0.1, 0.15) is 10.4 Å². The molecule has 2 rings (SSSR count). The Hall–Kier alpha value is -1.42. The molecule has 1 aromatic carbocycles. The summed E-state index contributed by atoms with van der Waals surface area (Å²) in [6, 6.07) is 4.68. The number of aromatic amines is 1. The van der Waals surface area contributed by atoms with Crippen molar-refractivity contribution in [2.45, 2.75) is 6.43 Å². The first-order valence-electron chi connectivity index (χ1n) is 4.18. The first kappa shape index (κ1) is 10.1. The highest BCUT2D eigenvalue weighted by Crippen LogP contribution is 2.23. The largest absolute Gasteiger partial charge is 0.360 e. The van der Waals surface area contributed by atoms with E-state index in [1.165, 1.54) is 6.20 Å². The molecule has 2 nitrogen and oxygen atoms in total. The number of benzene rings is 1. The molecular formula is C10H6ClF2NO. The molecule has 0 aliphatic carbocycles. The first-order chi connectivity index (χ1) is 7.09. The normalized spacial score (nSPS) is 11.2. The molecule has 0 radical (unpaired) electrons. The zero-order valence-corrected chi connectivity index (χ0v) is 8.18. The summed E-state index contributed by atoms with van der Waals surface area (Å²) in [6.07, 6.45) is -1.71. The zero-order valence-electron chi connectivity index (χ0n) is 7.43. The third-order valence-electron chi connectivity index (χ3n) is 2.11. The summed E-state index contributed by atoms with van der Waals surface area (Å²) < 4.78 is 24.4. The number of ketones is 1. The van der Waals surface area contributed by atoms with E-state index in [1.807, 2.05) is 0 Å². The summed E-state index contributed by atoms with van der Waals surface area (Å²) >= 11 is 5.72. The second-order valence-electron chi connectivity index (χ2n) is 3.06. The topological polar surface area (TPSA) is 32.9 Å². The maximum Gasteiger partial charge on any atom is 0.300 e. The molecule has 2 aromatic rings. The van der Waals surface area contributed by atoms with E-state index in [-0.39, 0.29) is 5.56 Å². The lowest BCUT2D eigenvalue weighted by Crippen LogP contribution is -2.09. The molecule has 0 bridgehead atoms. The predicted octanol–water partition coefficient (Wildman–Crippen LogP) is 3.27. The van der Waals surface area contributed by atoms with Crippen LogP contribution in [0.15, 0.2) is 24.4 Å². The highest BCUT2D eigenvalue weighted by atomic mass is 35.5. The molecule has 0 fully saturated rings. The van der Waals surface area contributed by atoms with Crippen molar-refractivity contribution in [3.8, 4) is 0 Å². The first-order valence-corrected chi connectivity index (χ1v) is 4.56. The van der Waals surface area contributed by atoms with Gasteiger partial charge in [0.05, 0.1) is 0 Å². The SMILES string of the molecule is O=C(c1c[nH]c2cc(Cl)ccc12)C(F)F. The number of fused-ring (bicyclic) bond motifs is 1. The molecule has 0 spiro atoms. The smallest absolute Gasteiger partial charge is 0.300 e. The van der Waals surface area contributed by atoms with Gasteiger partial charge in [-0.25, -0.2) is 8.78 Å². The van der Waals surface area contributed by atoms with Crippen LogP contribution < -0.4 is 0 Å². The third kappa shape index (κ3) is 1.72.